The van der Waals surface area contributed by atoms with Crippen LogP contribution in [0.4, 0.5) is 23.7 Å². The van der Waals surface area contributed by atoms with Crippen LogP contribution in [0, 0.1) is 11.8 Å². The number of hydrogen-bond acceptors (Lipinski definition) is 5. The molecule has 1 aliphatic heterocycles. The maximum atomic E-state index is 14.2. The number of rotatable bonds is 10. The van der Waals surface area contributed by atoms with Gasteiger partial charge in [-0.2, -0.15) is 13.2 Å². The zero-order valence-corrected chi connectivity index (χ0v) is 25.9. The molecule has 0 aromatic heterocycles. The zero-order chi connectivity index (χ0) is 31.7. The molecule has 4 rings (SSSR count). The summed E-state index contributed by atoms with van der Waals surface area (Å²) in [6.45, 7) is 5.62. The summed E-state index contributed by atoms with van der Waals surface area (Å²) in [6, 6.07) is 14.3. The molecule has 2 aromatic carbocycles. The third-order valence-electron chi connectivity index (χ3n) is 8.35. The average Bonchev–Trinajstić information content (AvgIpc) is 2.99. The summed E-state index contributed by atoms with van der Waals surface area (Å²) in [4.78, 5) is 33.1. The quantitative estimate of drug-likeness (QED) is 0.322. The van der Waals surface area contributed by atoms with Crippen LogP contribution in [0.3, 0.4) is 0 Å². The second-order valence-corrected chi connectivity index (χ2v) is 11.9. The van der Waals surface area contributed by atoms with Crippen molar-refractivity contribution in [3.8, 4) is 0 Å². The van der Waals surface area contributed by atoms with Crippen LogP contribution in [-0.4, -0.2) is 79.9 Å². The molecule has 1 fully saturated rings. The standard InChI is InChI=1S/C34H44F3N5O2/c1-25-9-7-12-30(31(38-19-8-20-40(2)3)32(43)29(25)18-13-26-10-5-4-6-11-26)41-21-23-42(24-22-41)33(44)39-28-16-14-27(15-17-28)34(35,36)37/h4-7,10-12,14-17,25,29,38H,8-9,13,18-24H2,1-3H3,(H,39,44)/b12-7+,31-30-. The van der Waals surface area contributed by atoms with E-state index in [1.165, 1.54) is 17.7 Å². The number of anilines is 1. The lowest BCUT2D eigenvalue weighted by Gasteiger charge is -2.38. The molecule has 1 aliphatic carbocycles. The van der Waals surface area contributed by atoms with Gasteiger partial charge in [-0.3, -0.25) is 4.79 Å². The van der Waals surface area contributed by atoms with Gasteiger partial charge in [0.05, 0.1) is 11.3 Å². The molecule has 0 radical (unpaired) electrons. The number of carbonyl (C=O) groups is 2. The van der Waals surface area contributed by atoms with E-state index in [9.17, 15) is 22.8 Å². The van der Waals surface area contributed by atoms with Crippen molar-refractivity contribution in [2.24, 2.45) is 11.8 Å². The Kier molecular flexibility index (Phi) is 11.5. The Hall–Kier alpha value is -3.79. The molecule has 10 heteroatoms. The van der Waals surface area contributed by atoms with Gasteiger partial charge in [-0.15, -0.1) is 0 Å². The number of ketones is 1. The highest BCUT2D eigenvalue weighted by molar-refractivity contribution is 5.98. The van der Waals surface area contributed by atoms with Crippen molar-refractivity contribution >= 4 is 17.5 Å². The normalized spacial score (nSPS) is 22.0. The lowest BCUT2D eigenvalue weighted by Crippen LogP contribution is -2.50. The third-order valence-corrected chi connectivity index (χ3v) is 8.35. The molecular formula is C34H44F3N5O2. The molecule has 0 saturated carbocycles. The van der Waals surface area contributed by atoms with Gasteiger partial charge in [0.15, 0.2) is 5.78 Å². The number of nitrogens with one attached hydrogen (secondary N) is 2. The minimum Gasteiger partial charge on any atom is -0.380 e. The number of benzene rings is 2. The highest BCUT2D eigenvalue weighted by Gasteiger charge is 2.33. The minimum absolute atomic E-state index is 0.123. The molecule has 1 saturated heterocycles. The van der Waals surface area contributed by atoms with Crippen LogP contribution in [0.2, 0.25) is 0 Å². The number of hydrogen-bond donors (Lipinski definition) is 2. The van der Waals surface area contributed by atoms with E-state index in [0.29, 0.717) is 44.1 Å². The van der Waals surface area contributed by atoms with Gasteiger partial charge in [0, 0.05) is 44.3 Å². The molecule has 2 N–H and O–H groups in total. The Labute approximate surface area is 258 Å². The van der Waals surface area contributed by atoms with Crippen molar-refractivity contribution in [1.29, 1.82) is 0 Å². The number of aryl methyl sites for hydroxylation is 1. The monoisotopic (exact) mass is 611 g/mol. The predicted octanol–water partition coefficient (Wildman–Crippen LogP) is 6.02. The lowest BCUT2D eigenvalue weighted by atomic mass is 9.80. The van der Waals surface area contributed by atoms with E-state index in [-0.39, 0.29) is 23.7 Å². The van der Waals surface area contributed by atoms with Crippen LogP contribution in [0.15, 0.2) is 78.1 Å². The maximum absolute atomic E-state index is 14.2. The Morgan fingerprint density at radius 2 is 1.68 bits per heavy atom. The predicted molar refractivity (Wildman–Crippen MR) is 168 cm³/mol. The van der Waals surface area contributed by atoms with Gasteiger partial charge in [-0.1, -0.05) is 43.3 Å². The molecule has 2 unspecified atom stereocenters. The first-order chi connectivity index (χ1) is 21.0. The van der Waals surface area contributed by atoms with E-state index in [2.05, 4.69) is 45.6 Å². The molecule has 2 atom stereocenters. The van der Waals surface area contributed by atoms with Crippen molar-refractivity contribution in [1.82, 2.24) is 20.0 Å². The number of allylic oxidation sites excluding steroid dienone is 3. The third kappa shape index (κ3) is 9.11. The number of carbonyl (C=O) groups excluding carboxylic acids is 2. The second kappa shape index (κ2) is 15.3. The van der Waals surface area contributed by atoms with E-state index >= 15 is 0 Å². The first-order valence-electron chi connectivity index (χ1n) is 15.4. The van der Waals surface area contributed by atoms with Gasteiger partial charge in [-0.25, -0.2) is 4.79 Å². The minimum atomic E-state index is -4.43. The van der Waals surface area contributed by atoms with Gasteiger partial charge < -0.3 is 25.3 Å². The molecule has 44 heavy (non-hydrogen) atoms. The fourth-order valence-electron chi connectivity index (χ4n) is 5.74. The average molecular weight is 612 g/mol. The summed E-state index contributed by atoms with van der Waals surface area (Å²) in [6.07, 6.45) is 3.08. The molecule has 238 valence electrons. The lowest BCUT2D eigenvalue weighted by molar-refractivity contribution is -0.137. The molecule has 0 spiro atoms. The van der Waals surface area contributed by atoms with Crippen LogP contribution < -0.4 is 10.6 Å². The first kappa shape index (κ1) is 33.1. The Morgan fingerprint density at radius 1 is 1.00 bits per heavy atom. The van der Waals surface area contributed by atoms with Crippen LogP contribution in [0.1, 0.15) is 37.3 Å². The number of piperazine rings is 1. The Balaban J connectivity index is 1.47. The molecule has 0 bridgehead atoms. The number of urea groups is 1. The van der Waals surface area contributed by atoms with Crippen molar-refractivity contribution in [2.45, 2.75) is 38.8 Å². The summed E-state index contributed by atoms with van der Waals surface area (Å²) in [5.41, 5.74) is 2.27. The Morgan fingerprint density at radius 3 is 2.32 bits per heavy atom. The number of nitrogens with zero attached hydrogens (tertiary/aromatic N) is 3. The van der Waals surface area contributed by atoms with Crippen molar-refractivity contribution in [3.05, 3.63) is 89.3 Å². The van der Waals surface area contributed by atoms with E-state index in [1.807, 2.05) is 38.4 Å². The number of alkyl halides is 3. The van der Waals surface area contributed by atoms with E-state index in [0.717, 1.165) is 50.1 Å². The largest absolute Gasteiger partial charge is 0.416 e. The van der Waals surface area contributed by atoms with Gasteiger partial charge >= 0.3 is 12.2 Å². The molecular weight excluding hydrogens is 567 g/mol. The van der Waals surface area contributed by atoms with Gasteiger partial charge in [0.1, 0.15) is 5.70 Å². The SMILES string of the molecule is CC1C/C=C/C(N2CCN(C(=O)Nc3ccc(C(F)(F)F)cc3)CC2)=C(/NCCCN(C)C)C(=O)C1CCc1ccccc1. The summed E-state index contributed by atoms with van der Waals surface area (Å²) in [5.74, 6) is 0.218. The van der Waals surface area contributed by atoms with E-state index < -0.39 is 11.7 Å². The number of Topliss-reactive ketones (excluding diaryl/α,β-unsaturated/α-hetero) is 1. The van der Waals surface area contributed by atoms with Crippen molar-refractivity contribution < 1.29 is 22.8 Å². The molecule has 2 amide bonds. The van der Waals surface area contributed by atoms with Crippen LogP contribution in [0.25, 0.3) is 0 Å². The van der Waals surface area contributed by atoms with Gasteiger partial charge in [0.25, 0.3) is 0 Å². The smallest absolute Gasteiger partial charge is 0.380 e. The highest BCUT2D eigenvalue weighted by Crippen LogP contribution is 2.31. The fraction of sp³-hybridized carbons (Fsp3) is 0.471. The van der Waals surface area contributed by atoms with Crippen LogP contribution in [0.5, 0.6) is 0 Å². The second-order valence-electron chi connectivity index (χ2n) is 11.9. The molecule has 2 aliphatic rings. The number of amides is 2. The molecule has 2 aromatic rings. The highest BCUT2D eigenvalue weighted by atomic mass is 19.4. The first-order valence-corrected chi connectivity index (χ1v) is 15.4. The van der Waals surface area contributed by atoms with Crippen LogP contribution in [-0.2, 0) is 17.4 Å². The van der Waals surface area contributed by atoms with E-state index in [1.54, 1.807) is 4.90 Å². The Bertz CT molecular complexity index is 1300. The fourth-order valence-corrected chi connectivity index (χ4v) is 5.74. The summed E-state index contributed by atoms with van der Waals surface area (Å²) in [5, 5.41) is 6.21. The van der Waals surface area contributed by atoms with E-state index in [4.69, 9.17) is 0 Å². The van der Waals surface area contributed by atoms with Gasteiger partial charge in [0.2, 0.25) is 0 Å². The number of halogens is 3. The maximum Gasteiger partial charge on any atom is 0.416 e. The topological polar surface area (TPSA) is 67.9 Å². The van der Waals surface area contributed by atoms with Crippen molar-refractivity contribution in [2.75, 3.05) is 58.7 Å². The molecule has 7 nitrogen and oxygen atoms in total. The van der Waals surface area contributed by atoms with Crippen molar-refractivity contribution in [3.63, 3.8) is 0 Å². The van der Waals surface area contributed by atoms with Crippen LogP contribution >= 0.6 is 0 Å². The zero-order valence-electron chi connectivity index (χ0n) is 25.9. The summed E-state index contributed by atoms with van der Waals surface area (Å²) < 4.78 is 38.7. The van der Waals surface area contributed by atoms with Gasteiger partial charge in [-0.05, 0) is 88.1 Å². The summed E-state index contributed by atoms with van der Waals surface area (Å²) >= 11 is 0. The molecule has 1 heterocycles. The summed E-state index contributed by atoms with van der Waals surface area (Å²) in [7, 11) is 4.06.